The van der Waals surface area contributed by atoms with Crippen molar-refractivity contribution < 1.29 is 14.3 Å². The zero-order valence-electron chi connectivity index (χ0n) is 15.2. The van der Waals surface area contributed by atoms with Crippen LogP contribution < -0.4 is 19.7 Å². The molecule has 0 unspecified atom stereocenters. The largest absolute Gasteiger partial charge is 0.497 e. The lowest BCUT2D eigenvalue weighted by Crippen LogP contribution is -2.44. The first-order valence-electron chi connectivity index (χ1n) is 8.39. The monoisotopic (exact) mass is 357 g/mol. The Hall–Kier alpha value is -2.87. The van der Waals surface area contributed by atoms with Crippen LogP contribution in [0.2, 0.25) is 0 Å². The smallest absolute Gasteiger partial charge is 0.260 e. The minimum absolute atomic E-state index is 0.299. The van der Waals surface area contributed by atoms with E-state index in [2.05, 4.69) is 32.1 Å². The van der Waals surface area contributed by atoms with E-state index in [1.54, 1.807) is 31.4 Å². The number of hydrogen-bond acceptors (Lipinski definition) is 7. The molecule has 2 heterocycles. The van der Waals surface area contributed by atoms with Gasteiger partial charge in [0.15, 0.2) is 0 Å². The fourth-order valence-electron chi connectivity index (χ4n) is 2.79. The molecule has 138 valence electrons. The second kappa shape index (κ2) is 8.01. The number of nitrogens with one attached hydrogen (secondary N) is 1. The van der Waals surface area contributed by atoms with Crippen LogP contribution in [0.15, 0.2) is 30.6 Å². The Morgan fingerprint density at radius 2 is 1.85 bits per heavy atom. The van der Waals surface area contributed by atoms with E-state index < -0.39 is 0 Å². The van der Waals surface area contributed by atoms with Crippen molar-refractivity contribution in [3.63, 3.8) is 0 Å². The molecule has 1 aliphatic heterocycles. The maximum Gasteiger partial charge on any atom is 0.260 e. The average Bonchev–Trinajstić information content (AvgIpc) is 2.68. The van der Waals surface area contributed by atoms with E-state index >= 15 is 0 Å². The van der Waals surface area contributed by atoms with Crippen molar-refractivity contribution >= 4 is 17.5 Å². The summed E-state index contributed by atoms with van der Waals surface area (Å²) >= 11 is 0. The minimum atomic E-state index is -0.299. The van der Waals surface area contributed by atoms with Gasteiger partial charge in [0, 0.05) is 38.3 Å². The summed E-state index contributed by atoms with van der Waals surface area (Å²) in [6, 6.07) is 6.84. The van der Waals surface area contributed by atoms with E-state index in [4.69, 9.17) is 9.47 Å². The molecule has 0 radical (unpaired) electrons. The average molecular weight is 357 g/mol. The molecule has 8 nitrogen and oxygen atoms in total. The van der Waals surface area contributed by atoms with Gasteiger partial charge in [0.2, 0.25) is 0 Å². The van der Waals surface area contributed by atoms with Crippen LogP contribution in [0, 0.1) is 0 Å². The summed E-state index contributed by atoms with van der Waals surface area (Å²) in [4.78, 5) is 25.6. The Labute approximate surface area is 152 Å². The van der Waals surface area contributed by atoms with E-state index in [9.17, 15) is 4.79 Å². The van der Waals surface area contributed by atoms with Crippen molar-refractivity contribution in [2.45, 2.75) is 0 Å². The highest BCUT2D eigenvalue weighted by molar-refractivity contribution is 6.06. The van der Waals surface area contributed by atoms with E-state index in [1.165, 1.54) is 13.4 Å². The Morgan fingerprint density at radius 1 is 1.08 bits per heavy atom. The van der Waals surface area contributed by atoms with Crippen molar-refractivity contribution in [2.24, 2.45) is 0 Å². The number of piperazine rings is 1. The third-order valence-electron chi connectivity index (χ3n) is 4.37. The van der Waals surface area contributed by atoms with Crippen molar-refractivity contribution in [1.82, 2.24) is 14.9 Å². The van der Waals surface area contributed by atoms with Gasteiger partial charge in [0.25, 0.3) is 5.91 Å². The van der Waals surface area contributed by atoms with Gasteiger partial charge in [-0.15, -0.1) is 0 Å². The number of methoxy groups -OCH3 is 2. The van der Waals surface area contributed by atoms with Gasteiger partial charge in [0.05, 0.1) is 19.8 Å². The number of nitrogens with zero attached hydrogens (tertiary/aromatic N) is 4. The number of amides is 1. The zero-order valence-corrected chi connectivity index (χ0v) is 15.2. The summed E-state index contributed by atoms with van der Waals surface area (Å²) in [5.41, 5.74) is 0.410. The van der Waals surface area contributed by atoms with E-state index in [1.807, 2.05) is 0 Å². The summed E-state index contributed by atoms with van der Waals surface area (Å²) in [7, 11) is 5.18. The fraction of sp³-hybridized carbons (Fsp3) is 0.389. The summed E-state index contributed by atoms with van der Waals surface area (Å²) in [6.07, 6.45) is 1.47. The Balaban J connectivity index is 1.75. The van der Waals surface area contributed by atoms with Crippen LogP contribution in [0.4, 0.5) is 11.6 Å². The summed E-state index contributed by atoms with van der Waals surface area (Å²) in [5, 5.41) is 2.81. The van der Waals surface area contributed by atoms with Gasteiger partial charge in [-0.25, -0.2) is 9.97 Å². The predicted molar refractivity (Wildman–Crippen MR) is 99.2 cm³/mol. The summed E-state index contributed by atoms with van der Waals surface area (Å²) in [6.45, 7) is 3.75. The molecule has 0 spiro atoms. The number of carbonyl (C=O) groups excluding carboxylic acids is 1. The molecular formula is C18H23N5O3. The first-order valence-corrected chi connectivity index (χ1v) is 8.39. The van der Waals surface area contributed by atoms with E-state index in [0.29, 0.717) is 22.9 Å². The lowest BCUT2D eigenvalue weighted by atomic mass is 10.1. The van der Waals surface area contributed by atoms with Crippen LogP contribution in [0.1, 0.15) is 10.4 Å². The molecule has 0 bridgehead atoms. The molecule has 3 rings (SSSR count). The van der Waals surface area contributed by atoms with Crippen molar-refractivity contribution in [1.29, 1.82) is 0 Å². The van der Waals surface area contributed by atoms with Crippen molar-refractivity contribution in [3.8, 4) is 11.5 Å². The SMILES string of the molecule is COc1ccc(C(=O)Nc2cc(N3CCN(C)CC3)ncn2)c(OC)c1. The third-order valence-corrected chi connectivity index (χ3v) is 4.37. The fourth-order valence-corrected chi connectivity index (χ4v) is 2.79. The molecule has 1 aromatic heterocycles. The van der Waals surface area contributed by atoms with Crippen molar-refractivity contribution in [2.75, 3.05) is 57.7 Å². The quantitative estimate of drug-likeness (QED) is 0.868. The number of rotatable bonds is 5. The highest BCUT2D eigenvalue weighted by Crippen LogP contribution is 2.25. The first kappa shape index (κ1) is 17.9. The molecule has 26 heavy (non-hydrogen) atoms. The Bertz CT molecular complexity index is 775. The van der Waals surface area contributed by atoms with E-state index in [0.717, 1.165) is 32.0 Å². The van der Waals surface area contributed by atoms with Gasteiger partial charge in [-0.05, 0) is 19.2 Å². The third kappa shape index (κ3) is 4.02. The maximum atomic E-state index is 12.6. The van der Waals surface area contributed by atoms with Crippen LogP contribution >= 0.6 is 0 Å². The lowest BCUT2D eigenvalue weighted by molar-refractivity contribution is 0.102. The zero-order chi connectivity index (χ0) is 18.5. The number of hydrogen-bond donors (Lipinski definition) is 1. The molecule has 1 aliphatic rings. The standard InChI is InChI=1S/C18H23N5O3/c1-22-6-8-23(9-7-22)17-11-16(19-12-20-17)21-18(24)14-5-4-13(25-2)10-15(14)26-3/h4-5,10-12H,6-9H2,1-3H3,(H,19,20,21,24). The molecule has 8 heteroatoms. The lowest BCUT2D eigenvalue weighted by Gasteiger charge is -2.33. The van der Waals surface area contributed by atoms with Gasteiger partial charge < -0.3 is 24.6 Å². The molecule has 1 N–H and O–H groups in total. The normalized spacial score (nSPS) is 14.8. The van der Waals surface area contributed by atoms with Crippen LogP contribution in [0.3, 0.4) is 0 Å². The molecule has 2 aromatic rings. The maximum absolute atomic E-state index is 12.6. The van der Waals surface area contributed by atoms with Crippen LogP contribution in [0.25, 0.3) is 0 Å². The molecule has 0 atom stereocenters. The number of benzene rings is 1. The predicted octanol–water partition coefficient (Wildman–Crippen LogP) is 1.50. The van der Waals surface area contributed by atoms with Gasteiger partial charge in [-0.2, -0.15) is 0 Å². The highest BCUT2D eigenvalue weighted by Gasteiger charge is 2.18. The summed E-state index contributed by atoms with van der Waals surface area (Å²) < 4.78 is 10.4. The summed E-state index contributed by atoms with van der Waals surface area (Å²) in [5.74, 6) is 2.03. The highest BCUT2D eigenvalue weighted by atomic mass is 16.5. The molecule has 1 amide bonds. The number of likely N-dealkylation sites (N-methyl/N-ethyl adjacent to an activating group) is 1. The molecule has 1 fully saturated rings. The Kier molecular flexibility index (Phi) is 5.52. The molecular weight excluding hydrogens is 334 g/mol. The number of anilines is 2. The van der Waals surface area contributed by atoms with E-state index in [-0.39, 0.29) is 5.91 Å². The first-order chi connectivity index (χ1) is 12.6. The second-order valence-corrected chi connectivity index (χ2v) is 6.07. The number of ether oxygens (including phenoxy) is 2. The second-order valence-electron chi connectivity index (χ2n) is 6.07. The minimum Gasteiger partial charge on any atom is -0.497 e. The van der Waals surface area contributed by atoms with Gasteiger partial charge in [-0.3, -0.25) is 4.79 Å². The number of aromatic nitrogens is 2. The molecule has 1 aromatic carbocycles. The van der Waals surface area contributed by atoms with Crippen molar-refractivity contribution in [3.05, 3.63) is 36.2 Å². The van der Waals surface area contributed by atoms with Gasteiger partial charge >= 0.3 is 0 Å². The van der Waals surface area contributed by atoms with Gasteiger partial charge in [0.1, 0.15) is 29.5 Å². The Morgan fingerprint density at radius 3 is 2.54 bits per heavy atom. The van der Waals surface area contributed by atoms with Crippen LogP contribution in [0.5, 0.6) is 11.5 Å². The van der Waals surface area contributed by atoms with Crippen LogP contribution in [-0.2, 0) is 0 Å². The van der Waals surface area contributed by atoms with Gasteiger partial charge in [-0.1, -0.05) is 0 Å². The molecule has 0 saturated carbocycles. The molecule has 1 saturated heterocycles. The number of carbonyl (C=O) groups is 1. The topological polar surface area (TPSA) is 79.8 Å². The van der Waals surface area contributed by atoms with Crippen LogP contribution in [-0.4, -0.2) is 68.2 Å². The molecule has 0 aliphatic carbocycles.